The minimum absolute atomic E-state index is 0.127. The number of rotatable bonds is 5. The molecule has 1 aromatic heterocycles. The van der Waals surface area contributed by atoms with Gasteiger partial charge in [-0.3, -0.25) is 10.1 Å². The van der Waals surface area contributed by atoms with E-state index in [1.807, 2.05) is 0 Å². The van der Waals surface area contributed by atoms with E-state index in [4.69, 9.17) is 11.6 Å². The molecule has 7 heteroatoms. The molecule has 1 saturated carbocycles. The molecule has 98 valence electrons. The highest BCUT2D eigenvalue weighted by molar-refractivity contribution is 6.31. The molecule has 0 aliphatic heterocycles. The van der Waals surface area contributed by atoms with E-state index in [0.717, 1.165) is 12.3 Å². The molecule has 1 aliphatic carbocycles. The maximum Gasteiger partial charge on any atom is 0.348 e. The van der Waals surface area contributed by atoms with Gasteiger partial charge in [0.1, 0.15) is 6.33 Å². The van der Waals surface area contributed by atoms with Crippen LogP contribution in [0.1, 0.15) is 32.1 Å². The molecule has 0 spiro atoms. The molecule has 1 aliphatic rings. The van der Waals surface area contributed by atoms with Gasteiger partial charge in [0.05, 0.1) is 4.92 Å². The van der Waals surface area contributed by atoms with Gasteiger partial charge in [-0.15, -0.1) is 0 Å². The summed E-state index contributed by atoms with van der Waals surface area (Å²) in [5, 5.41) is 13.7. The van der Waals surface area contributed by atoms with Gasteiger partial charge in [-0.05, 0) is 12.3 Å². The lowest BCUT2D eigenvalue weighted by Gasteiger charge is -2.10. The third-order valence-corrected chi connectivity index (χ3v) is 3.56. The van der Waals surface area contributed by atoms with Crippen LogP contribution < -0.4 is 5.32 Å². The second-order valence-corrected chi connectivity index (χ2v) is 4.84. The van der Waals surface area contributed by atoms with E-state index in [2.05, 4.69) is 15.3 Å². The van der Waals surface area contributed by atoms with Gasteiger partial charge in [0.15, 0.2) is 0 Å². The van der Waals surface area contributed by atoms with E-state index < -0.39 is 4.92 Å². The summed E-state index contributed by atoms with van der Waals surface area (Å²) in [6, 6.07) is 0. The summed E-state index contributed by atoms with van der Waals surface area (Å²) in [4.78, 5) is 17.8. The summed E-state index contributed by atoms with van der Waals surface area (Å²) in [5.41, 5.74) is -0.245. The molecule has 0 unspecified atom stereocenters. The van der Waals surface area contributed by atoms with Crippen molar-refractivity contribution in [2.45, 2.75) is 32.1 Å². The summed E-state index contributed by atoms with van der Waals surface area (Å²) in [6.07, 6.45) is 7.35. The fraction of sp³-hybridized carbons (Fsp3) is 0.636. The molecule has 0 radical (unpaired) electrons. The van der Waals surface area contributed by atoms with Gasteiger partial charge in [0.2, 0.25) is 11.0 Å². The molecule has 18 heavy (non-hydrogen) atoms. The average molecular weight is 271 g/mol. The largest absolute Gasteiger partial charge is 0.364 e. The number of hydrogen-bond donors (Lipinski definition) is 1. The van der Waals surface area contributed by atoms with Gasteiger partial charge in [0.25, 0.3) is 0 Å². The number of halogens is 1. The van der Waals surface area contributed by atoms with E-state index in [1.165, 1.54) is 32.0 Å². The molecule has 1 aromatic rings. The van der Waals surface area contributed by atoms with Crippen LogP contribution in [0, 0.1) is 16.0 Å². The molecule has 0 aromatic carbocycles. The molecular weight excluding hydrogens is 256 g/mol. The number of nitro groups is 1. The van der Waals surface area contributed by atoms with E-state index in [1.54, 1.807) is 0 Å². The maximum atomic E-state index is 10.9. The Morgan fingerprint density at radius 3 is 2.83 bits per heavy atom. The Morgan fingerprint density at radius 2 is 2.17 bits per heavy atom. The first-order valence-corrected chi connectivity index (χ1v) is 6.45. The van der Waals surface area contributed by atoms with Crippen LogP contribution >= 0.6 is 11.6 Å². The van der Waals surface area contributed by atoms with Crippen molar-refractivity contribution in [3.05, 3.63) is 21.6 Å². The molecular formula is C11H15ClN4O2. The molecule has 2 rings (SSSR count). The van der Waals surface area contributed by atoms with Crippen molar-refractivity contribution in [2.75, 3.05) is 11.9 Å². The van der Waals surface area contributed by atoms with Gasteiger partial charge in [-0.25, -0.2) is 9.97 Å². The zero-order chi connectivity index (χ0) is 13.0. The number of hydrogen-bond acceptors (Lipinski definition) is 5. The van der Waals surface area contributed by atoms with Crippen LogP contribution in [-0.4, -0.2) is 21.4 Å². The smallest absolute Gasteiger partial charge is 0.348 e. The van der Waals surface area contributed by atoms with Crippen molar-refractivity contribution >= 4 is 23.1 Å². The Balaban J connectivity index is 1.96. The van der Waals surface area contributed by atoms with Crippen LogP contribution in [0.4, 0.5) is 11.5 Å². The highest BCUT2D eigenvalue weighted by atomic mass is 35.5. The van der Waals surface area contributed by atoms with Crippen molar-refractivity contribution in [1.29, 1.82) is 0 Å². The van der Waals surface area contributed by atoms with Gasteiger partial charge in [-0.1, -0.05) is 37.3 Å². The number of nitrogens with zero attached hydrogens (tertiary/aromatic N) is 3. The van der Waals surface area contributed by atoms with Crippen LogP contribution in [0.25, 0.3) is 0 Å². The van der Waals surface area contributed by atoms with Crippen LogP contribution in [0.2, 0.25) is 5.15 Å². The quantitative estimate of drug-likeness (QED) is 0.505. The Labute approximate surface area is 110 Å². The summed E-state index contributed by atoms with van der Waals surface area (Å²) in [5.74, 6) is 0.937. The van der Waals surface area contributed by atoms with Gasteiger partial charge >= 0.3 is 5.69 Å². The van der Waals surface area contributed by atoms with Crippen LogP contribution in [0.15, 0.2) is 6.33 Å². The van der Waals surface area contributed by atoms with E-state index in [0.29, 0.717) is 6.54 Å². The number of anilines is 1. The monoisotopic (exact) mass is 270 g/mol. The molecule has 0 atom stereocenters. The molecule has 1 heterocycles. The van der Waals surface area contributed by atoms with Gasteiger partial charge < -0.3 is 5.32 Å². The predicted octanol–water partition coefficient (Wildman–Crippen LogP) is 3.03. The number of nitrogens with one attached hydrogen (secondary N) is 1. The Bertz CT molecular complexity index is 435. The third-order valence-electron chi connectivity index (χ3n) is 3.28. The van der Waals surface area contributed by atoms with Crippen LogP contribution in [0.3, 0.4) is 0 Å². The first-order valence-electron chi connectivity index (χ1n) is 6.07. The van der Waals surface area contributed by atoms with Crippen molar-refractivity contribution in [1.82, 2.24) is 9.97 Å². The Morgan fingerprint density at radius 1 is 1.44 bits per heavy atom. The summed E-state index contributed by atoms with van der Waals surface area (Å²) in [6.45, 7) is 0.679. The van der Waals surface area contributed by atoms with E-state index in [-0.39, 0.29) is 16.7 Å². The molecule has 1 fully saturated rings. The average Bonchev–Trinajstić information content (AvgIpc) is 2.81. The van der Waals surface area contributed by atoms with Crippen molar-refractivity contribution in [3.8, 4) is 0 Å². The zero-order valence-electron chi connectivity index (χ0n) is 9.93. The van der Waals surface area contributed by atoms with Crippen molar-refractivity contribution in [3.63, 3.8) is 0 Å². The lowest BCUT2D eigenvalue weighted by molar-refractivity contribution is -0.384. The second kappa shape index (κ2) is 5.95. The second-order valence-electron chi connectivity index (χ2n) is 4.48. The number of aromatic nitrogens is 2. The first-order chi connectivity index (χ1) is 8.68. The maximum absolute atomic E-state index is 10.9. The molecule has 0 amide bonds. The molecule has 0 saturated heterocycles. The standard InChI is InChI=1S/C11H15ClN4O2/c12-10-9(16(17)18)11(15-7-14-10)13-6-5-8-3-1-2-4-8/h7-8H,1-6H2,(H,13,14,15). The zero-order valence-corrected chi connectivity index (χ0v) is 10.7. The lowest BCUT2D eigenvalue weighted by atomic mass is 10.0. The summed E-state index contributed by atoms with van der Waals surface area (Å²) in [7, 11) is 0. The minimum Gasteiger partial charge on any atom is -0.364 e. The van der Waals surface area contributed by atoms with Crippen molar-refractivity contribution < 1.29 is 4.92 Å². The predicted molar refractivity (Wildman–Crippen MR) is 68.8 cm³/mol. The Hall–Kier alpha value is -1.43. The first kappa shape index (κ1) is 13.0. The Kier molecular flexibility index (Phi) is 4.30. The van der Waals surface area contributed by atoms with E-state index >= 15 is 0 Å². The molecule has 0 bridgehead atoms. The van der Waals surface area contributed by atoms with Crippen molar-refractivity contribution in [2.24, 2.45) is 5.92 Å². The summed E-state index contributed by atoms with van der Waals surface area (Å²) < 4.78 is 0. The molecule has 6 nitrogen and oxygen atoms in total. The third kappa shape index (κ3) is 3.07. The topological polar surface area (TPSA) is 81.0 Å². The fourth-order valence-corrected chi connectivity index (χ4v) is 2.54. The van der Waals surface area contributed by atoms with Crippen LogP contribution in [0.5, 0.6) is 0 Å². The van der Waals surface area contributed by atoms with Gasteiger partial charge in [-0.2, -0.15) is 0 Å². The summed E-state index contributed by atoms with van der Waals surface area (Å²) >= 11 is 5.70. The highest BCUT2D eigenvalue weighted by Gasteiger charge is 2.21. The SMILES string of the molecule is O=[N+]([O-])c1c(Cl)ncnc1NCCC1CCCC1. The molecule has 1 N–H and O–H groups in total. The minimum atomic E-state index is -0.555. The normalized spacial score (nSPS) is 15.8. The fourth-order valence-electron chi connectivity index (χ4n) is 2.34. The lowest BCUT2D eigenvalue weighted by Crippen LogP contribution is -2.10. The van der Waals surface area contributed by atoms with E-state index in [9.17, 15) is 10.1 Å². The van der Waals surface area contributed by atoms with Gasteiger partial charge in [0, 0.05) is 6.54 Å². The van der Waals surface area contributed by atoms with Crippen LogP contribution in [-0.2, 0) is 0 Å². The highest BCUT2D eigenvalue weighted by Crippen LogP contribution is 2.30.